The van der Waals surface area contributed by atoms with Crippen molar-refractivity contribution in [3.63, 3.8) is 0 Å². The third-order valence-electron chi connectivity index (χ3n) is 4.22. The standard InChI is InChI=1S/C19H21F3N2O3S/c1-3-13(2)16-6-4-5-7-17(16)24-28(26,27)15-10-8-14(9-11-15)18(25)23-12-19(20,21)22/h4-11,13,24H,3,12H2,1-2H3,(H,23,25)/t13-/m0/s1. The summed E-state index contributed by atoms with van der Waals surface area (Å²) in [5.41, 5.74) is 1.25. The lowest BCUT2D eigenvalue weighted by molar-refractivity contribution is -0.123. The van der Waals surface area contributed by atoms with Crippen molar-refractivity contribution in [3.8, 4) is 0 Å². The molecule has 9 heteroatoms. The van der Waals surface area contributed by atoms with Crippen molar-refractivity contribution in [2.75, 3.05) is 11.3 Å². The van der Waals surface area contributed by atoms with Gasteiger partial charge in [-0.3, -0.25) is 9.52 Å². The predicted octanol–water partition coefficient (Wildman–Crippen LogP) is 4.29. The van der Waals surface area contributed by atoms with Gasteiger partial charge in [-0.25, -0.2) is 8.42 Å². The first kappa shape index (κ1) is 21.7. The van der Waals surface area contributed by atoms with E-state index in [0.717, 1.165) is 12.0 Å². The van der Waals surface area contributed by atoms with Crippen molar-refractivity contribution in [1.82, 2.24) is 5.32 Å². The number of sulfonamides is 1. The van der Waals surface area contributed by atoms with E-state index in [1.54, 1.807) is 17.4 Å². The van der Waals surface area contributed by atoms with E-state index in [1.807, 2.05) is 26.0 Å². The monoisotopic (exact) mass is 414 g/mol. The zero-order valence-electron chi connectivity index (χ0n) is 15.4. The largest absolute Gasteiger partial charge is 0.405 e. The van der Waals surface area contributed by atoms with Crippen molar-refractivity contribution in [2.45, 2.75) is 37.3 Å². The van der Waals surface area contributed by atoms with Crippen molar-refractivity contribution < 1.29 is 26.4 Å². The van der Waals surface area contributed by atoms with E-state index < -0.39 is 28.7 Å². The Morgan fingerprint density at radius 2 is 1.68 bits per heavy atom. The van der Waals surface area contributed by atoms with Crippen LogP contribution >= 0.6 is 0 Å². The van der Waals surface area contributed by atoms with Crippen molar-refractivity contribution in [1.29, 1.82) is 0 Å². The molecule has 0 aliphatic rings. The van der Waals surface area contributed by atoms with Gasteiger partial charge in [0.2, 0.25) is 0 Å². The van der Waals surface area contributed by atoms with Crippen molar-refractivity contribution >= 4 is 21.6 Å². The van der Waals surface area contributed by atoms with Crippen LogP contribution < -0.4 is 10.0 Å². The maximum absolute atomic E-state index is 12.6. The molecule has 0 bridgehead atoms. The van der Waals surface area contributed by atoms with Gasteiger partial charge in [0, 0.05) is 5.56 Å². The molecule has 0 saturated carbocycles. The van der Waals surface area contributed by atoms with Gasteiger partial charge < -0.3 is 5.32 Å². The third-order valence-corrected chi connectivity index (χ3v) is 5.61. The van der Waals surface area contributed by atoms with E-state index in [9.17, 15) is 26.4 Å². The Labute approximate surface area is 162 Å². The topological polar surface area (TPSA) is 75.3 Å². The molecule has 1 atom stereocenters. The van der Waals surface area contributed by atoms with Gasteiger partial charge in [0.15, 0.2) is 0 Å². The first-order chi connectivity index (χ1) is 13.0. The maximum Gasteiger partial charge on any atom is 0.405 e. The fourth-order valence-corrected chi connectivity index (χ4v) is 3.60. The van der Waals surface area contributed by atoms with Gasteiger partial charge in [-0.2, -0.15) is 13.2 Å². The molecule has 0 radical (unpaired) electrons. The van der Waals surface area contributed by atoms with Gasteiger partial charge in [0.1, 0.15) is 6.54 Å². The Bertz CT molecular complexity index is 926. The Kier molecular flexibility index (Phi) is 6.71. The second-order valence-corrected chi connectivity index (χ2v) is 8.01. The molecule has 5 nitrogen and oxygen atoms in total. The quantitative estimate of drug-likeness (QED) is 0.710. The number of amides is 1. The number of hydrogen-bond donors (Lipinski definition) is 2. The van der Waals surface area contributed by atoms with Crippen molar-refractivity contribution in [3.05, 3.63) is 59.7 Å². The lowest BCUT2D eigenvalue weighted by Gasteiger charge is -2.16. The molecule has 0 spiro atoms. The van der Waals surface area contributed by atoms with E-state index in [0.29, 0.717) is 5.69 Å². The van der Waals surface area contributed by atoms with Gasteiger partial charge >= 0.3 is 6.18 Å². The van der Waals surface area contributed by atoms with Gasteiger partial charge in [-0.05, 0) is 48.2 Å². The molecule has 2 aromatic rings. The second-order valence-electron chi connectivity index (χ2n) is 6.32. The predicted molar refractivity (Wildman–Crippen MR) is 101 cm³/mol. The number of benzene rings is 2. The second kappa shape index (κ2) is 8.64. The minimum absolute atomic E-state index is 0.0665. The van der Waals surface area contributed by atoms with Crippen LogP contribution in [0.4, 0.5) is 18.9 Å². The summed E-state index contributed by atoms with van der Waals surface area (Å²) in [6.45, 7) is 2.53. The molecule has 2 rings (SSSR count). The van der Waals surface area contributed by atoms with Crippen LogP contribution in [-0.4, -0.2) is 27.0 Å². The summed E-state index contributed by atoms with van der Waals surface area (Å²) in [7, 11) is -3.92. The fraction of sp³-hybridized carbons (Fsp3) is 0.316. The minimum atomic E-state index is -4.52. The number of halogens is 3. The number of nitrogens with one attached hydrogen (secondary N) is 2. The molecule has 0 fully saturated rings. The fourth-order valence-electron chi connectivity index (χ4n) is 2.51. The highest BCUT2D eigenvalue weighted by Gasteiger charge is 2.28. The average molecular weight is 414 g/mol. The summed E-state index contributed by atoms with van der Waals surface area (Å²) in [4.78, 5) is 11.6. The summed E-state index contributed by atoms with van der Waals surface area (Å²) in [5, 5.41) is 1.73. The molecule has 0 aromatic heterocycles. The Balaban J connectivity index is 2.18. The number of para-hydroxylation sites is 1. The van der Waals surface area contributed by atoms with Crippen molar-refractivity contribution in [2.24, 2.45) is 0 Å². The van der Waals surface area contributed by atoms with E-state index in [2.05, 4.69) is 4.72 Å². The van der Waals surface area contributed by atoms with E-state index in [1.165, 1.54) is 24.3 Å². The first-order valence-corrected chi connectivity index (χ1v) is 10.1. The minimum Gasteiger partial charge on any atom is -0.343 e. The molecule has 0 unspecified atom stereocenters. The summed E-state index contributed by atoms with van der Waals surface area (Å²) in [5.74, 6) is -0.782. The van der Waals surface area contributed by atoms with Crippen LogP contribution in [0.25, 0.3) is 0 Å². The molecule has 28 heavy (non-hydrogen) atoms. The highest BCUT2D eigenvalue weighted by molar-refractivity contribution is 7.92. The Morgan fingerprint density at radius 1 is 1.07 bits per heavy atom. The van der Waals surface area contributed by atoms with Crippen LogP contribution in [0.1, 0.15) is 42.1 Å². The molecule has 152 valence electrons. The van der Waals surface area contributed by atoms with E-state index in [4.69, 9.17) is 0 Å². The van der Waals surface area contributed by atoms with Crippen LogP contribution in [0.2, 0.25) is 0 Å². The molecule has 0 heterocycles. The molecule has 0 aliphatic carbocycles. The Morgan fingerprint density at radius 3 is 2.25 bits per heavy atom. The first-order valence-electron chi connectivity index (χ1n) is 8.60. The molecule has 2 aromatic carbocycles. The summed E-state index contributed by atoms with van der Waals surface area (Å²) < 4.78 is 64.3. The van der Waals surface area contributed by atoms with Gasteiger partial charge in [-0.1, -0.05) is 32.0 Å². The molecule has 1 amide bonds. The number of carbonyl (C=O) groups excluding carboxylic acids is 1. The number of carbonyl (C=O) groups is 1. The van der Waals surface area contributed by atoms with E-state index in [-0.39, 0.29) is 16.4 Å². The Hall–Kier alpha value is -2.55. The van der Waals surface area contributed by atoms with E-state index >= 15 is 0 Å². The molecule has 0 saturated heterocycles. The lowest BCUT2D eigenvalue weighted by atomic mass is 9.97. The summed E-state index contributed by atoms with van der Waals surface area (Å²) in [6.07, 6.45) is -3.69. The highest BCUT2D eigenvalue weighted by Crippen LogP contribution is 2.28. The highest BCUT2D eigenvalue weighted by atomic mass is 32.2. The SMILES string of the molecule is CC[C@H](C)c1ccccc1NS(=O)(=O)c1ccc(C(=O)NCC(F)(F)F)cc1. The zero-order valence-corrected chi connectivity index (χ0v) is 16.2. The van der Waals surface area contributed by atoms with Gasteiger partial charge in [-0.15, -0.1) is 0 Å². The lowest BCUT2D eigenvalue weighted by Crippen LogP contribution is -2.33. The van der Waals surface area contributed by atoms with Gasteiger partial charge in [0.05, 0.1) is 10.6 Å². The van der Waals surface area contributed by atoms with Crippen LogP contribution in [0.3, 0.4) is 0 Å². The number of hydrogen-bond acceptors (Lipinski definition) is 3. The zero-order chi connectivity index (χ0) is 20.9. The van der Waals surface area contributed by atoms with Crippen LogP contribution in [0, 0.1) is 0 Å². The van der Waals surface area contributed by atoms with Gasteiger partial charge in [0.25, 0.3) is 15.9 Å². The number of anilines is 1. The maximum atomic E-state index is 12.6. The average Bonchev–Trinajstić information content (AvgIpc) is 2.65. The number of alkyl halides is 3. The van der Waals surface area contributed by atoms with Crippen LogP contribution in [0.15, 0.2) is 53.4 Å². The third kappa shape index (κ3) is 5.72. The molecule has 2 N–H and O–H groups in total. The smallest absolute Gasteiger partial charge is 0.343 e. The van der Waals surface area contributed by atoms with Crippen LogP contribution in [-0.2, 0) is 10.0 Å². The molecule has 0 aliphatic heterocycles. The number of rotatable bonds is 7. The molecular weight excluding hydrogens is 393 g/mol. The van der Waals surface area contributed by atoms with Crippen LogP contribution in [0.5, 0.6) is 0 Å². The molecular formula is C19H21F3N2O3S. The summed E-state index contributed by atoms with van der Waals surface area (Å²) >= 11 is 0. The summed E-state index contributed by atoms with van der Waals surface area (Å²) in [6, 6.07) is 11.7. The normalized spacial score (nSPS) is 13.0.